The molecule has 0 aliphatic heterocycles. The van der Waals surface area contributed by atoms with Gasteiger partial charge in [0.05, 0.1) is 23.4 Å². The van der Waals surface area contributed by atoms with Crippen LogP contribution in [0, 0.1) is 22.9 Å². The van der Waals surface area contributed by atoms with Crippen molar-refractivity contribution in [2.24, 2.45) is 0 Å². The lowest BCUT2D eigenvalue weighted by atomic mass is 10.1. The molecule has 1 heterocycles. The summed E-state index contributed by atoms with van der Waals surface area (Å²) in [5.41, 5.74) is 2.06. The molecule has 132 valence electrons. The predicted octanol–water partition coefficient (Wildman–Crippen LogP) is 3.54. The highest BCUT2D eigenvalue weighted by atomic mass is 19.1. The molecule has 3 aromatic rings. The second-order valence-electron chi connectivity index (χ2n) is 5.77. The number of nitrogens with zero attached hydrogens (tertiary/aromatic N) is 3. The summed E-state index contributed by atoms with van der Waals surface area (Å²) in [7, 11) is 0. The number of hydrogen-bond acceptors (Lipinski definition) is 4. The molecule has 0 radical (unpaired) electrons. The zero-order valence-corrected chi connectivity index (χ0v) is 13.8. The quantitative estimate of drug-likeness (QED) is 0.560. The molecule has 8 heteroatoms. The number of carbonyl (C=O) groups excluding carboxylic acids is 1. The Morgan fingerprint density at radius 2 is 2.00 bits per heavy atom. The molecule has 3 rings (SSSR count). The molecule has 0 aliphatic rings. The molecule has 0 saturated heterocycles. The number of nitro groups is 1. The van der Waals surface area contributed by atoms with E-state index in [9.17, 15) is 19.3 Å². The monoisotopic (exact) mass is 354 g/mol. The van der Waals surface area contributed by atoms with Gasteiger partial charge in [0.25, 0.3) is 11.6 Å². The summed E-state index contributed by atoms with van der Waals surface area (Å²) in [5, 5.41) is 17.7. The van der Waals surface area contributed by atoms with Crippen LogP contribution in [0.4, 0.5) is 15.8 Å². The van der Waals surface area contributed by atoms with Gasteiger partial charge in [0.2, 0.25) is 0 Å². The zero-order valence-electron chi connectivity index (χ0n) is 13.8. The van der Waals surface area contributed by atoms with Crippen LogP contribution in [0.5, 0.6) is 0 Å². The second-order valence-corrected chi connectivity index (χ2v) is 5.77. The number of amides is 1. The first-order chi connectivity index (χ1) is 12.4. The van der Waals surface area contributed by atoms with Gasteiger partial charge in [-0.1, -0.05) is 12.1 Å². The molecule has 1 aromatic heterocycles. The van der Waals surface area contributed by atoms with Gasteiger partial charge in [-0.2, -0.15) is 5.10 Å². The Kier molecular flexibility index (Phi) is 4.74. The number of nitro benzene ring substituents is 1. The number of nitrogens with one attached hydrogen (secondary N) is 1. The van der Waals surface area contributed by atoms with Crippen molar-refractivity contribution in [1.29, 1.82) is 0 Å². The highest BCUT2D eigenvalue weighted by Crippen LogP contribution is 2.19. The van der Waals surface area contributed by atoms with E-state index in [0.717, 1.165) is 5.56 Å². The number of aromatic nitrogens is 2. The Labute approximate surface area is 148 Å². The lowest BCUT2D eigenvalue weighted by Crippen LogP contribution is -2.12. The van der Waals surface area contributed by atoms with Crippen molar-refractivity contribution in [3.05, 3.63) is 87.5 Å². The van der Waals surface area contributed by atoms with Gasteiger partial charge >= 0.3 is 0 Å². The normalized spacial score (nSPS) is 10.5. The number of anilines is 1. The average molecular weight is 354 g/mol. The van der Waals surface area contributed by atoms with Crippen molar-refractivity contribution in [2.45, 2.75) is 13.5 Å². The van der Waals surface area contributed by atoms with Crippen LogP contribution >= 0.6 is 0 Å². The maximum Gasteiger partial charge on any atom is 0.272 e. The van der Waals surface area contributed by atoms with Crippen LogP contribution in [0.2, 0.25) is 0 Å². The fourth-order valence-corrected chi connectivity index (χ4v) is 2.50. The molecule has 2 aromatic carbocycles. The molecule has 0 bridgehead atoms. The third-order valence-electron chi connectivity index (χ3n) is 3.80. The smallest absolute Gasteiger partial charge is 0.272 e. The molecular weight excluding hydrogens is 339 g/mol. The Hall–Kier alpha value is -3.55. The first-order valence-corrected chi connectivity index (χ1v) is 7.75. The zero-order chi connectivity index (χ0) is 18.7. The Morgan fingerprint density at radius 1 is 1.27 bits per heavy atom. The third-order valence-corrected chi connectivity index (χ3v) is 3.80. The van der Waals surface area contributed by atoms with Crippen molar-refractivity contribution in [2.75, 3.05) is 5.32 Å². The number of benzene rings is 2. The second kappa shape index (κ2) is 7.14. The van der Waals surface area contributed by atoms with E-state index in [1.54, 1.807) is 29.9 Å². The largest absolute Gasteiger partial charge is 0.319 e. The Morgan fingerprint density at radius 3 is 2.65 bits per heavy atom. The molecule has 0 aliphatic carbocycles. The summed E-state index contributed by atoms with van der Waals surface area (Å²) in [6, 6.07) is 10.3. The van der Waals surface area contributed by atoms with E-state index in [2.05, 4.69) is 10.4 Å². The van der Waals surface area contributed by atoms with Gasteiger partial charge in [-0.15, -0.1) is 0 Å². The molecule has 1 amide bonds. The van der Waals surface area contributed by atoms with Crippen molar-refractivity contribution >= 4 is 17.3 Å². The van der Waals surface area contributed by atoms with Gasteiger partial charge in [0.15, 0.2) is 0 Å². The minimum atomic E-state index is -0.490. The van der Waals surface area contributed by atoms with Gasteiger partial charge in [0, 0.05) is 23.4 Å². The summed E-state index contributed by atoms with van der Waals surface area (Å²) >= 11 is 0. The number of carbonyl (C=O) groups is 1. The first-order valence-electron chi connectivity index (χ1n) is 7.75. The van der Waals surface area contributed by atoms with E-state index in [4.69, 9.17) is 0 Å². The summed E-state index contributed by atoms with van der Waals surface area (Å²) in [5.74, 6) is -0.690. The lowest BCUT2D eigenvalue weighted by Gasteiger charge is -2.04. The Bertz CT molecular complexity index is 967. The van der Waals surface area contributed by atoms with Gasteiger partial charge < -0.3 is 5.32 Å². The van der Waals surface area contributed by atoms with Crippen LogP contribution in [0.15, 0.2) is 54.9 Å². The van der Waals surface area contributed by atoms with Crippen LogP contribution < -0.4 is 5.32 Å². The number of hydrogen-bond donors (Lipinski definition) is 1. The lowest BCUT2D eigenvalue weighted by molar-refractivity contribution is -0.385. The topological polar surface area (TPSA) is 90.1 Å². The van der Waals surface area contributed by atoms with Crippen molar-refractivity contribution in [3.63, 3.8) is 0 Å². The van der Waals surface area contributed by atoms with Crippen molar-refractivity contribution in [3.8, 4) is 0 Å². The molecule has 0 spiro atoms. The molecule has 0 fully saturated rings. The van der Waals surface area contributed by atoms with Crippen LogP contribution in [0.1, 0.15) is 21.5 Å². The van der Waals surface area contributed by atoms with Gasteiger partial charge in [-0.05, 0) is 36.8 Å². The minimum Gasteiger partial charge on any atom is -0.319 e. The SMILES string of the molecule is Cc1cc(C(=O)Nc2cnn(Cc3ccc(F)cc3)c2)ccc1[N+](=O)[O-]. The summed E-state index contributed by atoms with van der Waals surface area (Å²) in [6.45, 7) is 2.02. The fraction of sp³-hybridized carbons (Fsp3) is 0.111. The molecule has 0 atom stereocenters. The Balaban J connectivity index is 1.68. The van der Waals surface area contributed by atoms with E-state index >= 15 is 0 Å². The highest BCUT2D eigenvalue weighted by Gasteiger charge is 2.14. The summed E-state index contributed by atoms with van der Waals surface area (Å²) in [6.07, 6.45) is 3.15. The van der Waals surface area contributed by atoms with E-state index in [1.807, 2.05) is 0 Å². The van der Waals surface area contributed by atoms with E-state index in [-0.39, 0.29) is 17.4 Å². The van der Waals surface area contributed by atoms with Crippen molar-refractivity contribution in [1.82, 2.24) is 9.78 Å². The van der Waals surface area contributed by atoms with Crippen LogP contribution in [-0.2, 0) is 6.54 Å². The average Bonchev–Trinajstić information content (AvgIpc) is 3.03. The van der Waals surface area contributed by atoms with E-state index in [1.165, 1.54) is 36.5 Å². The molecule has 26 heavy (non-hydrogen) atoms. The molecular formula is C18H15FN4O3. The molecule has 1 N–H and O–H groups in total. The van der Waals surface area contributed by atoms with Crippen LogP contribution in [0.25, 0.3) is 0 Å². The highest BCUT2D eigenvalue weighted by molar-refractivity contribution is 6.04. The number of rotatable bonds is 5. The summed E-state index contributed by atoms with van der Waals surface area (Å²) < 4.78 is 14.5. The van der Waals surface area contributed by atoms with Crippen LogP contribution in [0.3, 0.4) is 0 Å². The van der Waals surface area contributed by atoms with E-state index in [0.29, 0.717) is 23.4 Å². The van der Waals surface area contributed by atoms with Gasteiger partial charge in [-0.3, -0.25) is 19.6 Å². The molecule has 0 saturated carbocycles. The van der Waals surface area contributed by atoms with Gasteiger partial charge in [0.1, 0.15) is 5.82 Å². The minimum absolute atomic E-state index is 0.0336. The molecule has 0 unspecified atom stereocenters. The first kappa shape index (κ1) is 17.3. The maximum absolute atomic E-state index is 12.9. The van der Waals surface area contributed by atoms with Gasteiger partial charge in [-0.25, -0.2) is 4.39 Å². The third kappa shape index (κ3) is 3.92. The summed E-state index contributed by atoms with van der Waals surface area (Å²) in [4.78, 5) is 22.6. The standard InChI is InChI=1S/C18H15FN4O3/c1-12-8-14(4-7-17(12)23(25)26)18(24)21-16-9-20-22(11-16)10-13-2-5-15(19)6-3-13/h2-9,11H,10H2,1H3,(H,21,24). The number of aryl methyl sites for hydroxylation is 1. The molecule has 7 nitrogen and oxygen atoms in total. The fourth-order valence-electron chi connectivity index (χ4n) is 2.50. The van der Waals surface area contributed by atoms with E-state index < -0.39 is 4.92 Å². The maximum atomic E-state index is 12.9. The van der Waals surface area contributed by atoms with Crippen molar-refractivity contribution < 1.29 is 14.1 Å². The van der Waals surface area contributed by atoms with Crippen LogP contribution in [-0.4, -0.2) is 20.6 Å². The predicted molar refractivity (Wildman–Crippen MR) is 93.5 cm³/mol. The number of halogens is 1.